The minimum Gasteiger partial charge on any atom is -0.382 e. The van der Waals surface area contributed by atoms with Crippen molar-refractivity contribution in [2.45, 2.75) is 32.6 Å². The standard InChI is InChI=1S/C10H18O2/c1-3-5-7-10(11)8-6-9-12-4-2/h3H,1,4-9H2,2H3. The quantitative estimate of drug-likeness (QED) is 0.413. The molecule has 0 heterocycles. The number of Topliss-reactive ketones (excluding diaryl/α,β-unsaturated/α-hetero) is 1. The van der Waals surface area contributed by atoms with Crippen LogP contribution in [0.2, 0.25) is 0 Å². The van der Waals surface area contributed by atoms with Crippen LogP contribution in [0.5, 0.6) is 0 Å². The summed E-state index contributed by atoms with van der Waals surface area (Å²) in [5.74, 6) is 0.314. The molecule has 0 aromatic heterocycles. The summed E-state index contributed by atoms with van der Waals surface area (Å²) in [4.78, 5) is 11.1. The van der Waals surface area contributed by atoms with E-state index in [0.29, 0.717) is 25.2 Å². The van der Waals surface area contributed by atoms with Crippen molar-refractivity contribution in [2.24, 2.45) is 0 Å². The van der Waals surface area contributed by atoms with Crippen LogP contribution in [0.1, 0.15) is 32.6 Å². The first-order valence-corrected chi connectivity index (χ1v) is 4.51. The third kappa shape index (κ3) is 7.48. The Balaban J connectivity index is 3.13. The van der Waals surface area contributed by atoms with Crippen LogP contribution in [0.3, 0.4) is 0 Å². The summed E-state index contributed by atoms with van der Waals surface area (Å²) < 4.78 is 5.12. The number of hydrogen-bond acceptors (Lipinski definition) is 2. The van der Waals surface area contributed by atoms with Gasteiger partial charge in [-0.2, -0.15) is 0 Å². The fourth-order valence-corrected chi connectivity index (χ4v) is 0.904. The first-order valence-electron chi connectivity index (χ1n) is 4.51. The first-order chi connectivity index (χ1) is 5.81. The van der Waals surface area contributed by atoms with E-state index in [2.05, 4.69) is 6.58 Å². The van der Waals surface area contributed by atoms with Gasteiger partial charge in [0, 0.05) is 26.1 Å². The topological polar surface area (TPSA) is 26.3 Å². The number of rotatable bonds is 8. The molecule has 70 valence electrons. The molecule has 0 bridgehead atoms. The van der Waals surface area contributed by atoms with Gasteiger partial charge in [0.15, 0.2) is 0 Å². The largest absolute Gasteiger partial charge is 0.382 e. The molecule has 0 aliphatic heterocycles. The van der Waals surface area contributed by atoms with E-state index in [1.807, 2.05) is 6.92 Å². The van der Waals surface area contributed by atoms with Gasteiger partial charge in [0.05, 0.1) is 0 Å². The zero-order valence-electron chi connectivity index (χ0n) is 7.84. The van der Waals surface area contributed by atoms with Crippen molar-refractivity contribution in [3.8, 4) is 0 Å². The second kappa shape index (κ2) is 8.47. The lowest BCUT2D eigenvalue weighted by molar-refractivity contribution is -0.119. The van der Waals surface area contributed by atoms with Crippen LogP contribution in [0.25, 0.3) is 0 Å². The highest BCUT2D eigenvalue weighted by molar-refractivity contribution is 5.78. The molecule has 0 aromatic rings. The van der Waals surface area contributed by atoms with Crippen LogP contribution in [0.15, 0.2) is 12.7 Å². The molecule has 2 heteroatoms. The van der Waals surface area contributed by atoms with E-state index in [4.69, 9.17) is 4.74 Å². The van der Waals surface area contributed by atoms with E-state index in [9.17, 15) is 4.79 Å². The van der Waals surface area contributed by atoms with Gasteiger partial charge in [-0.3, -0.25) is 4.79 Å². The lowest BCUT2D eigenvalue weighted by atomic mass is 10.1. The molecule has 0 N–H and O–H groups in total. The van der Waals surface area contributed by atoms with E-state index < -0.39 is 0 Å². The van der Waals surface area contributed by atoms with Crippen molar-refractivity contribution < 1.29 is 9.53 Å². The van der Waals surface area contributed by atoms with Crippen LogP contribution < -0.4 is 0 Å². The maximum atomic E-state index is 11.1. The summed E-state index contributed by atoms with van der Waals surface area (Å²) >= 11 is 0. The molecule has 0 aromatic carbocycles. The van der Waals surface area contributed by atoms with Gasteiger partial charge in [-0.1, -0.05) is 6.08 Å². The molecule has 0 radical (unpaired) electrons. The summed E-state index contributed by atoms with van der Waals surface area (Å²) in [7, 11) is 0. The maximum absolute atomic E-state index is 11.1. The highest BCUT2D eigenvalue weighted by Gasteiger charge is 1.99. The van der Waals surface area contributed by atoms with E-state index in [-0.39, 0.29) is 0 Å². The van der Waals surface area contributed by atoms with Crippen LogP contribution in [-0.4, -0.2) is 19.0 Å². The van der Waals surface area contributed by atoms with Gasteiger partial charge in [-0.25, -0.2) is 0 Å². The Hall–Kier alpha value is -0.630. The molecule has 0 fully saturated rings. The predicted octanol–water partition coefficient (Wildman–Crippen LogP) is 2.34. The Morgan fingerprint density at radius 3 is 2.83 bits per heavy atom. The lowest BCUT2D eigenvalue weighted by Gasteiger charge is -1.99. The Morgan fingerprint density at radius 1 is 1.50 bits per heavy atom. The normalized spacial score (nSPS) is 9.75. The van der Waals surface area contributed by atoms with Crippen molar-refractivity contribution in [3.63, 3.8) is 0 Å². The van der Waals surface area contributed by atoms with E-state index in [1.165, 1.54) is 0 Å². The van der Waals surface area contributed by atoms with Gasteiger partial charge in [-0.15, -0.1) is 6.58 Å². The molecule has 0 saturated heterocycles. The van der Waals surface area contributed by atoms with Crippen LogP contribution in [0, 0.1) is 0 Å². The molecule has 0 atom stereocenters. The van der Waals surface area contributed by atoms with Crippen LogP contribution in [-0.2, 0) is 9.53 Å². The number of allylic oxidation sites excluding steroid dienone is 1. The second-order valence-corrected chi connectivity index (χ2v) is 2.67. The SMILES string of the molecule is C=CCCC(=O)CCCOCC. The van der Waals surface area contributed by atoms with Gasteiger partial charge in [0.25, 0.3) is 0 Å². The molecular weight excluding hydrogens is 152 g/mol. The second-order valence-electron chi connectivity index (χ2n) is 2.67. The fraction of sp³-hybridized carbons (Fsp3) is 0.700. The summed E-state index contributed by atoms with van der Waals surface area (Å²) in [5.41, 5.74) is 0. The number of carbonyl (C=O) groups is 1. The van der Waals surface area contributed by atoms with Crippen molar-refractivity contribution in [1.29, 1.82) is 0 Å². The zero-order chi connectivity index (χ0) is 9.23. The highest BCUT2D eigenvalue weighted by Crippen LogP contribution is 1.99. The molecule has 0 spiro atoms. The van der Waals surface area contributed by atoms with Crippen molar-refractivity contribution in [2.75, 3.05) is 13.2 Å². The molecular formula is C10H18O2. The molecule has 2 nitrogen and oxygen atoms in total. The summed E-state index contributed by atoms with van der Waals surface area (Å²) in [6, 6.07) is 0. The summed E-state index contributed by atoms with van der Waals surface area (Å²) in [6.45, 7) is 6.96. The summed E-state index contributed by atoms with van der Waals surface area (Å²) in [5, 5.41) is 0. The number of carbonyl (C=O) groups excluding carboxylic acids is 1. The van der Waals surface area contributed by atoms with E-state index >= 15 is 0 Å². The third-order valence-electron chi connectivity index (χ3n) is 1.58. The Kier molecular flexibility index (Phi) is 8.02. The molecule has 0 saturated carbocycles. The first kappa shape index (κ1) is 11.4. The van der Waals surface area contributed by atoms with Crippen LogP contribution >= 0.6 is 0 Å². The van der Waals surface area contributed by atoms with E-state index in [0.717, 1.165) is 19.4 Å². The summed E-state index contributed by atoms with van der Waals surface area (Å²) in [6.07, 6.45) is 4.71. The maximum Gasteiger partial charge on any atom is 0.133 e. The number of hydrogen-bond donors (Lipinski definition) is 0. The molecule has 0 amide bonds. The minimum absolute atomic E-state index is 0.314. The Bertz CT molecular complexity index is 130. The molecule has 0 aliphatic rings. The van der Waals surface area contributed by atoms with Crippen molar-refractivity contribution >= 4 is 5.78 Å². The molecule has 12 heavy (non-hydrogen) atoms. The van der Waals surface area contributed by atoms with Gasteiger partial charge < -0.3 is 4.74 Å². The predicted molar refractivity (Wildman–Crippen MR) is 50.2 cm³/mol. The van der Waals surface area contributed by atoms with Gasteiger partial charge in [0.2, 0.25) is 0 Å². The molecule has 0 rings (SSSR count). The smallest absolute Gasteiger partial charge is 0.133 e. The molecule has 0 unspecified atom stereocenters. The van der Waals surface area contributed by atoms with Crippen LogP contribution in [0.4, 0.5) is 0 Å². The third-order valence-corrected chi connectivity index (χ3v) is 1.58. The highest BCUT2D eigenvalue weighted by atomic mass is 16.5. The Morgan fingerprint density at radius 2 is 2.25 bits per heavy atom. The van der Waals surface area contributed by atoms with Crippen molar-refractivity contribution in [3.05, 3.63) is 12.7 Å². The minimum atomic E-state index is 0.314. The lowest BCUT2D eigenvalue weighted by Crippen LogP contribution is -2.00. The van der Waals surface area contributed by atoms with Crippen molar-refractivity contribution in [1.82, 2.24) is 0 Å². The zero-order valence-corrected chi connectivity index (χ0v) is 7.84. The number of ether oxygens (including phenoxy) is 1. The number of ketones is 1. The van der Waals surface area contributed by atoms with Gasteiger partial charge in [0.1, 0.15) is 5.78 Å². The average Bonchev–Trinajstić information content (AvgIpc) is 2.09. The molecule has 0 aliphatic carbocycles. The van der Waals surface area contributed by atoms with E-state index in [1.54, 1.807) is 6.08 Å². The van der Waals surface area contributed by atoms with Gasteiger partial charge in [-0.05, 0) is 19.8 Å². The monoisotopic (exact) mass is 170 g/mol. The van der Waals surface area contributed by atoms with Gasteiger partial charge >= 0.3 is 0 Å². The Labute approximate surface area is 74.6 Å². The fourth-order valence-electron chi connectivity index (χ4n) is 0.904. The average molecular weight is 170 g/mol.